The van der Waals surface area contributed by atoms with Crippen LogP contribution in [0.1, 0.15) is 38.2 Å². The Morgan fingerprint density at radius 3 is 2.58 bits per heavy atom. The number of hydrogen-bond donors (Lipinski definition) is 0. The highest BCUT2D eigenvalue weighted by Crippen LogP contribution is 2.32. The predicted octanol–water partition coefficient (Wildman–Crippen LogP) is 3.87. The Hall–Kier alpha value is -1.77. The van der Waals surface area contributed by atoms with E-state index in [2.05, 4.69) is 6.92 Å². The first-order valence-corrected chi connectivity index (χ1v) is 6.63. The van der Waals surface area contributed by atoms with Crippen LogP contribution in [0.25, 0.3) is 6.08 Å². The van der Waals surface area contributed by atoms with Gasteiger partial charge in [-0.15, -0.1) is 0 Å². The normalized spacial score (nSPS) is 11.2. The molecule has 0 aliphatic rings. The van der Waals surface area contributed by atoms with E-state index in [1.807, 2.05) is 24.3 Å². The van der Waals surface area contributed by atoms with Crippen LogP contribution in [0.4, 0.5) is 0 Å². The molecule has 0 bridgehead atoms. The van der Waals surface area contributed by atoms with Crippen molar-refractivity contribution in [3.63, 3.8) is 0 Å². The van der Waals surface area contributed by atoms with Crippen LogP contribution in [0, 0.1) is 0 Å². The molecule has 0 fully saturated rings. The third-order valence-corrected chi connectivity index (χ3v) is 2.99. The number of benzene rings is 1. The molecule has 0 amide bonds. The van der Waals surface area contributed by atoms with E-state index < -0.39 is 0 Å². The van der Waals surface area contributed by atoms with Gasteiger partial charge in [0.05, 0.1) is 14.2 Å². The number of aldehydes is 1. The number of rotatable bonds is 8. The van der Waals surface area contributed by atoms with Crippen molar-refractivity contribution in [3.05, 3.63) is 29.3 Å². The van der Waals surface area contributed by atoms with Gasteiger partial charge in [0.1, 0.15) is 6.29 Å². The molecule has 0 heterocycles. The van der Waals surface area contributed by atoms with Gasteiger partial charge in [0.25, 0.3) is 0 Å². The average molecular weight is 262 g/mol. The monoisotopic (exact) mass is 262 g/mol. The smallest absolute Gasteiger partial charge is 0.167 e. The van der Waals surface area contributed by atoms with Crippen LogP contribution in [0.5, 0.6) is 11.5 Å². The molecule has 0 unspecified atom stereocenters. The van der Waals surface area contributed by atoms with E-state index in [9.17, 15) is 4.79 Å². The minimum atomic E-state index is 0.667. The molecule has 0 aliphatic heterocycles. The summed E-state index contributed by atoms with van der Waals surface area (Å²) in [5.41, 5.74) is 1.67. The lowest BCUT2D eigenvalue weighted by Gasteiger charge is -2.10. The molecule has 0 aliphatic carbocycles. The molecule has 0 N–H and O–H groups in total. The summed E-state index contributed by atoms with van der Waals surface area (Å²) in [5.74, 6) is 1.34. The molecule has 1 rings (SSSR count). The van der Waals surface area contributed by atoms with Gasteiger partial charge in [-0.2, -0.15) is 0 Å². The Morgan fingerprint density at radius 2 is 2.00 bits per heavy atom. The summed E-state index contributed by atoms with van der Waals surface area (Å²) in [7, 11) is 3.21. The van der Waals surface area contributed by atoms with Crippen LogP contribution in [0.15, 0.2) is 23.8 Å². The fourth-order valence-corrected chi connectivity index (χ4v) is 1.97. The molecule has 0 saturated heterocycles. The third-order valence-electron chi connectivity index (χ3n) is 2.99. The highest BCUT2D eigenvalue weighted by molar-refractivity contribution is 5.83. The first-order chi connectivity index (χ1) is 9.26. The lowest BCUT2D eigenvalue weighted by Crippen LogP contribution is -1.94. The number of ether oxygens (including phenoxy) is 2. The Balaban J connectivity index is 2.97. The van der Waals surface area contributed by atoms with Crippen LogP contribution in [0.3, 0.4) is 0 Å². The van der Waals surface area contributed by atoms with Crippen LogP contribution in [-0.2, 0) is 4.79 Å². The van der Waals surface area contributed by atoms with E-state index in [0.29, 0.717) is 11.5 Å². The largest absolute Gasteiger partial charge is 0.493 e. The number of unbranched alkanes of at least 4 members (excludes halogenated alkanes) is 2. The van der Waals surface area contributed by atoms with Crippen LogP contribution in [0.2, 0.25) is 0 Å². The summed E-state index contributed by atoms with van der Waals surface area (Å²) >= 11 is 0. The topological polar surface area (TPSA) is 35.5 Å². The van der Waals surface area contributed by atoms with E-state index in [-0.39, 0.29) is 0 Å². The van der Waals surface area contributed by atoms with Crippen molar-refractivity contribution in [3.8, 4) is 11.5 Å². The number of para-hydroxylation sites is 1. The molecular weight excluding hydrogens is 240 g/mol. The van der Waals surface area contributed by atoms with Crippen LogP contribution >= 0.6 is 0 Å². The minimum absolute atomic E-state index is 0.667. The Labute approximate surface area is 115 Å². The van der Waals surface area contributed by atoms with Gasteiger partial charge >= 0.3 is 0 Å². The molecule has 1 aromatic carbocycles. The van der Waals surface area contributed by atoms with E-state index >= 15 is 0 Å². The summed E-state index contributed by atoms with van der Waals surface area (Å²) in [6, 6.07) is 5.65. The summed E-state index contributed by atoms with van der Waals surface area (Å²) in [6.45, 7) is 2.15. The van der Waals surface area contributed by atoms with Gasteiger partial charge in [-0.25, -0.2) is 0 Å². The SMILES string of the molecule is CCCCC/C(C=O)=C/c1cccc(OC)c1OC. The summed E-state index contributed by atoms with van der Waals surface area (Å²) in [4.78, 5) is 11.1. The number of carbonyl (C=O) groups excluding carboxylic acids is 1. The van der Waals surface area contributed by atoms with E-state index in [1.54, 1.807) is 14.2 Å². The second-order valence-electron chi connectivity index (χ2n) is 4.38. The highest BCUT2D eigenvalue weighted by atomic mass is 16.5. The molecule has 1 aromatic rings. The van der Waals surface area contributed by atoms with Crippen LogP contribution < -0.4 is 9.47 Å². The van der Waals surface area contributed by atoms with E-state index in [4.69, 9.17) is 9.47 Å². The van der Waals surface area contributed by atoms with Crippen molar-refractivity contribution >= 4 is 12.4 Å². The zero-order valence-electron chi connectivity index (χ0n) is 11.9. The molecule has 3 nitrogen and oxygen atoms in total. The van der Waals surface area contributed by atoms with Gasteiger partial charge in [0.15, 0.2) is 11.5 Å². The highest BCUT2D eigenvalue weighted by Gasteiger charge is 2.08. The second kappa shape index (κ2) is 8.35. The van der Waals surface area contributed by atoms with Gasteiger partial charge in [0, 0.05) is 5.56 Å². The van der Waals surface area contributed by atoms with Gasteiger partial charge < -0.3 is 9.47 Å². The number of allylic oxidation sites excluding steroid dienone is 1. The molecule has 0 radical (unpaired) electrons. The number of carbonyl (C=O) groups is 1. The van der Waals surface area contributed by atoms with Gasteiger partial charge in [-0.05, 0) is 30.6 Å². The predicted molar refractivity (Wildman–Crippen MR) is 77.7 cm³/mol. The van der Waals surface area contributed by atoms with Gasteiger partial charge in [-0.1, -0.05) is 31.9 Å². The van der Waals surface area contributed by atoms with Crippen molar-refractivity contribution < 1.29 is 14.3 Å². The second-order valence-corrected chi connectivity index (χ2v) is 4.38. The molecule has 0 saturated carbocycles. The maximum absolute atomic E-state index is 11.1. The van der Waals surface area contributed by atoms with Crippen molar-refractivity contribution in [1.82, 2.24) is 0 Å². The van der Waals surface area contributed by atoms with Crippen molar-refractivity contribution in [2.75, 3.05) is 14.2 Å². The van der Waals surface area contributed by atoms with Gasteiger partial charge in [0.2, 0.25) is 0 Å². The van der Waals surface area contributed by atoms with Crippen molar-refractivity contribution in [1.29, 1.82) is 0 Å². The number of methoxy groups -OCH3 is 2. The Kier molecular flexibility index (Phi) is 6.72. The number of hydrogen-bond acceptors (Lipinski definition) is 3. The minimum Gasteiger partial charge on any atom is -0.493 e. The maximum atomic E-state index is 11.1. The average Bonchev–Trinajstić information content (AvgIpc) is 2.45. The maximum Gasteiger partial charge on any atom is 0.167 e. The molecule has 104 valence electrons. The molecular formula is C16H22O3. The Bertz CT molecular complexity index is 436. The third kappa shape index (κ3) is 4.43. The standard InChI is InChI=1S/C16H22O3/c1-4-5-6-8-13(12-17)11-14-9-7-10-15(18-2)16(14)19-3/h7,9-12H,4-6,8H2,1-3H3/b13-11-. The fourth-order valence-electron chi connectivity index (χ4n) is 1.97. The lowest BCUT2D eigenvalue weighted by molar-refractivity contribution is -0.105. The summed E-state index contributed by atoms with van der Waals surface area (Å²) in [5, 5.41) is 0. The van der Waals surface area contributed by atoms with Gasteiger partial charge in [-0.3, -0.25) is 4.79 Å². The first kappa shape index (κ1) is 15.3. The molecule has 19 heavy (non-hydrogen) atoms. The fraction of sp³-hybridized carbons (Fsp3) is 0.438. The van der Waals surface area contributed by atoms with E-state index in [1.165, 1.54) is 0 Å². The summed E-state index contributed by atoms with van der Waals surface area (Å²) in [6.07, 6.45) is 6.93. The molecule has 3 heteroatoms. The van der Waals surface area contributed by atoms with Crippen molar-refractivity contribution in [2.45, 2.75) is 32.6 Å². The lowest BCUT2D eigenvalue weighted by atomic mass is 10.0. The zero-order chi connectivity index (χ0) is 14.1. The Morgan fingerprint density at radius 1 is 1.21 bits per heavy atom. The first-order valence-electron chi connectivity index (χ1n) is 6.63. The summed E-state index contributed by atoms with van der Waals surface area (Å²) < 4.78 is 10.6. The molecule has 0 spiro atoms. The zero-order valence-corrected chi connectivity index (χ0v) is 11.9. The van der Waals surface area contributed by atoms with Crippen LogP contribution in [-0.4, -0.2) is 20.5 Å². The molecule has 0 aromatic heterocycles. The van der Waals surface area contributed by atoms with E-state index in [0.717, 1.165) is 43.1 Å². The van der Waals surface area contributed by atoms with Crippen molar-refractivity contribution in [2.24, 2.45) is 0 Å². The quantitative estimate of drug-likeness (QED) is 0.405. The molecule has 0 atom stereocenters.